The molecule has 0 bridgehead atoms. The summed E-state index contributed by atoms with van der Waals surface area (Å²) in [7, 11) is 1.69. The van der Waals surface area contributed by atoms with Crippen molar-refractivity contribution >= 4 is 16.8 Å². The van der Waals surface area contributed by atoms with Crippen molar-refractivity contribution < 1.29 is 10.1 Å². The van der Waals surface area contributed by atoms with Gasteiger partial charge in [0, 0.05) is 18.0 Å². The van der Waals surface area contributed by atoms with E-state index in [1.54, 1.807) is 7.05 Å². The summed E-state index contributed by atoms with van der Waals surface area (Å²) in [5, 5.41) is 6.11. The number of hydrogen-bond donors (Lipinski definition) is 3. The Balaban J connectivity index is 1.85. The number of aromatic nitrogens is 1. The number of hydrogen-bond acceptors (Lipinski definition) is 1. The summed E-state index contributed by atoms with van der Waals surface area (Å²) < 4.78 is 0. The van der Waals surface area contributed by atoms with Crippen molar-refractivity contribution in [3.05, 3.63) is 96.1 Å². The van der Waals surface area contributed by atoms with Gasteiger partial charge in [-0.2, -0.15) is 0 Å². The lowest BCUT2D eigenvalue weighted by Gasteiger charge is -2.20. The van der Waals surface area contributed by atoms with Crippen molar-refractivity contribution in [1.82, 2.24) is 10.3 Å². The zero-order valence-corrected chi connectivity index (χ0v) is 17.4. The molecule has 4 nitrogen and oxygen atoms in total. The molecule has 0 radical (unpaired) electrons. The normalized spacial score (nSPS) is 13.1. The molecule has 152 valence electrons. The summed E-state index contributed by atoms with van der Waals surface area (Å²) >= 11 is 0. The van der Waals surface area contributed by atoms with E-state index in [9.17, 15) is 4.79 Å². The Bertz CT molecular complexity index is 1120. The van der Waals surface area contributed by atoms with Gasteiger partial charge in [0.15, 0.2) is 6.04 Å². The minimum absolute atomic E-state index is 0.0454. The van der Waals surface area contributed by atoms with E-state index in [1.165, 1.54) is 22.1 Å². The average molecular weight is 399 g/mol. The number of fused-ring (bicyclic) bond motifs is 1. The number of para-hydroxylation sites is 1. The lowest BCUT2D eigenvalue weighted by atomic mass is 9.87. The number of benzene rings is 3. The molecule has 0 aliphatic rings. The Morgan fingerprint density at radius 1 is 0.933 bits per heavy atom. The highest BCUT2D eigenvalue weighted by Gasteiger charge is 2.26. The van der Waals surface area contributed by atoms with Crippen molar-refractivity contribution in [2.45, 2.75) is 18.9 Å². The molecule has 4 aromatic rings. The van der Waals surface area contributed by atoms with E-state index in [0.29, 0.717) is 0 Å². The van der Waals surface area contributed by atoms with Crippen LogP contribution in [0.2, 0.25) is 0 Å². The van der Waals surface area contributed by atoms with Crippen LogP contribution in [0, 0.1) is 0 Å². The van der Waals surface area contributed by atoms with E-state index in [0.717, 1.165) is 17.8 Å². The fraction of sp³-hybridized carbons (Fsp3) is 0.192. The van der Waals surface area contributed by atoms with Gasteiger partial charge in [-0.3, -0.25) is 4.79 Å². The second-order valence-corrected chi connectivity index (χ2v) is 7.66. The van der Waals surface area contributed by atoms with Gasteiger partial charge in [0.25, 0.3) is 5.91 Å². The number of aromatic amines is 1. The van der Waals surface area contributed by atoms with Crippen molar-refractivity contribution in [3.8, 4) is 11.3 Å². The number of quaternary nitrogens is 1. The predicted octanol–water partition coefficient (Wildman–Crippen LogP) is 3.66. The van der Waals surface area contributed by atoms with Crippen LogP contribution in [-0.2, 0) is 4.79 Å². The first kappa shape index (κ1) is 19.9. The number of rotatable bonds is 7. The molecule has 0 saturated carbocycles. The maximum absolute atomic E-state index is 12.1. The minimum atomic E-state index is -0.147. The van der Waals surface area contributed by atoms with Gasteiger partial charge in [-0.15, -0.1) is 0 Å². The average Bonchev–Trinajstić information content (AvgIpc) is 3.19. The standard InChI is InChI=1S/C26H27N3O/c1-18(26(30)27-2)28-17-22(19-11-5-3-6-12-19)24-21-15-9-10-16-23(21)29-25(24)20-13-7-4-8-14-20/h3-16,18,22,28-29H,17H2,1-2H3,(H,27,30)/p+1/t18-,22-/m1/s1. The van der Waals surface area contributed by atoms with E-state index in [4.69, 9.17) is 0 Å². The smallest absolute Gasteiger partial charge is 0.277 e. The summed E-state index contributed by atoms with van der Waals surface area (Å²) in [5.41, 5.74) is 5.98. The van der Waals surface area contributed by atoms with Crippen molar-refractivity contribution in [3.63, 3.8) is 0 Å². The van der Waals surface area contributed by atoms with Gasteiger partial charge >= 0.3 is 0 Å². The number of likely N-dealkylation sites (N-methyl/N-ethyl adjacent to an activating group) is 1. The van der Waals surface area contributed by atoms with Crippen LogP contribution in [0.25, 0.3) is 22.2 Å². The fourth-order valence-electron chi connectivity index (χ4n) is 4.14. The molecule has 0 saturated heterocycles. The topological polar surface area (TPSA) is 61.5 Å². The van der Waals surface area contributed by atoms with Crippen LogP contribution in [0.5, 0.6) is 0 Å². The van der Waals surface area contributed by atoms with Gasteiger partial charge in [0.2, 0.25) is 0 Å². The van der Waals surface area contributed by atoms with Crippen LogP contribution in [0.1, 0.15) is 24.0 Å². The quantitative estimate of drug-likeness (QED) is 0.437. The maximum Gasteiger partial charge on any atom is 0.277 e. The minimum Gasteiger partial charge on any atom is -0.354 e. The zero-order valence-electron chi connectivity index (χ0n) is 17.4. The Hall–Kier alpha value is -3.37. The van der Waals surface area contributed by atoms with E-state index in [1.807, 2.05) is 19.1 Å². The Morgan fingerprint density at radius 2 is 1.57 bits per heavy atom. The molecule has 1 heterocycles. The third-order valence-electron chi connectivity index (χ3n) is 5.74. The number of H-pyrrole nitrogens is 1. The molecule has 0 aliphatic carbocycles. The third kappa shape index (κ3) is 4.00. The van der Waals surface area contributed by atoms with Crippen LogP contribution in [0.15, 0.2) is 84.9 Å². The Labute approximate surface area is 177 Å². The molecular formula is C26H28N3O+. The molecule has 4 heteroatoms. The van der Waals surface area contributed by atoms with Gasteiger partial charge in [-0.25, -0.2) is 0 Å². The van der Waals surface area contributed by atoms with E-state index in [2.05, 4.69) is 88.4 Å². The van der Waals surface area contributed by atoms with E-state index < -0.39 is 0 Å². The lowest BCUT2D eigenvalue weighted by molar-refractivity contribution is -0.674. The number of nitrogens with one attached hydrogen (secondary N) is 2. The number of carbonyl (C=O) groups excluding carboxylic acids is 1. The first-order valence-corrected chi connectivity index (χ1v) is 10.4. The van der Waals surface area contributed by atoms with Gasteiger partial charge in [-0.05, 0) is 29.7 Å². The van der Waals surface area contributed by atoms with Gasteiger partial charge < -0.3 is 15.6 Å². The molecule has 0 fully saturated rings. The molecule has 1 amide bonds. The Morgan fingerprint density at radius 3 is 2.27 bits per heavy atom. The highest BCUT2D eigenvalue weighted by molar-refractivity contribution is 5.92. The second kappa shape index (κ2) is 8.97. The molecule has 1 aromatic heterocycles. The number of carbonyl (C=O) groups is 1. The highest BCUT2D eigenvalue weighted by Crippen LogP contribution is 2.38. The molecule has 0 unspecified atom stereocenters. The SMILES string of the molecule is CNC(=O)[C@@H](C)[NH2+]C[C@H](c1ccccc1)c1c(-c2ccccc2)[nH]c2ccccc12. The summed E-state index contributed by atoms with van der Waals surface area (Å²) in [5.74, 6) is 0.189. The zero-order chi connectivity index (χ0) is 20.9. The van der Waals surface area contributed by atoms with Crippen LogP contribution < -0.4 is 10.6 Å². The van der Waals surface area contributed by atoms with Gasteiger partial charge in [0.05, 0.1) is 18.2 Å². The monoisotopic (exact) mass is 398 g/mol. The van der Waals surface area contributed by atoms with Crippen LogP contribution in [-0.4, -0.2) is 30.5 Å². The van der Waals surface area contributed by atoms with Gasteiger partial charge in [0.1, 0.15) is 0 Å². The van der Waals surface area contributed by atoms with E-state index in [-0.39, 0.29) is 17.9 Å². The van der Waals surface area contributed by atoms with Crippen molar-refractivity contribution in [2.24, 2.45) is 0 Å². The molecule has 4 N–H and O–H groups in total. The molecule has 0 spiro atoms. The van der Waals surface area contributed by atoms with Crippen molar-refractivity contribution in [2.75, 3.05) is 13.6 Å². The Kier molecular flexibility index (Phi) is 5.96. The largest absolute Gasteiger partial charge is 0.354 e. The maximum atomic E-state index is 12.1. The lowest BCUT2D eigenvalue weighted by Crippen LogP contribution is -2.92. The van der Waals surface area contributed by atoms with E-state index >= 15 is 0 Å². The first-order chi connectivity index (χ1) is 14.7. The third-order valence-corrected chi connectivity index (χ3v) is 5.74. The highest BCUT2D eigenvalue weighted by atomic mass is 16.2. The second-order valence-electron chi connectivity index (χ2n) is 7.66. The molecule has 2 atom stereocenters. The van der Waals surface area contributed by atoms with Crippen LogP contribution >= 0.6 is 0 Å². The predicted molar refractivity (Wildman–Crippen MR) is 122 cm³/mol. The number of amides is 1. The molecule has 4 rings (SSSR count). The fourth-order valence-corrected chi connectivity index (χ4v) is 4.14. The summed E-state index contributed by atoms with van der Waals surface area (Å²) in [4.78, 5) is 15.8. The summed E-state index contributed by atoms with van der Waals surface area (Å²) in [6, 6.07) is 29.4. The number of nitrogens with two attached hydrogens (primary N) is 1. The van der Waals surface area contributed by atoms with Crippen LogP contribution in [0.4, 0.5) is 0 Å². The van der Waals surface area contributed by atoms with Crippen molar-refractivity contribution in [1.29, 1.82) is 0 Å². The van der Waals surface area contributed by atoms with Gasteiger partial charge in [-0.1, -0.05) is 78.9 Å². The summed E-state index contributed by atoms with van der Waals surface area (Å²) in [6.07, 6.45) is 0. The molecule has 30 heavy (non-hydrogen) atoms. The molecule has 3 aromatic carbocycles. The van der Waals surface area contributed by atoms with Crippen LogP contribution in [0.3, 0.4) is 0 Å². The summed E-state index contributed by atoms with van der Waals surface area (Å²) in [6.45, 7) is 2.73. The molecular weight excluding hydrogens is 370 g/mol. The molecule has 0 aliphatic heterocycles. The first-order valence-electron chi connectivity index (χ1n) is 10.4.